The normalized spacial score (nSPS) is 11.6. The van der Waals surface area contributed by atoms with Gasteiger partial charge in [-0.2, -0.15) is 0 Å². The lowest BCUT2D eigenvalue weighted by atomic mass is 10.1. The Morgan fingerprint density at radius 3 is 2.57 bits per heavy atom. The number of nitrogens with zero attached hydrogens (tertiary/aromatic N) is 2. The standard InChI is InChI=1S/C17H20N4O2/c1-17(2,3)21-16(23)11-19-15(22)9-8-12-10-18-13-6-4-5-7-14(13)20-12/h4-10H,11H2,1-3H3,(H,19,22)(H,21,23)/b9-8+. The lowest BCUT2D eigenvalue weighted by molar-refractivity contribution is -0.124. The van der Waals surface area contributed by atoms with Crippen LogP contribution in [0.5, 0.6) is 0 Å². The van der Waals surface area contributed by atoms with Gasteiger partial charge in [-0.15, -0.1) is 0 Å². The van der Waals surface area contributed by atoms with Crippen molar-refractivity contribution in [3.63, 3.8) is 0 Å². The first kappa shape index (κ1) is 16.6. The van der Waals surface area contributed by atoms with E-state index in [1.807, 2.05) is 45.0 Å². The molecule has 23 heavy (non-hydrogen) atoms. The summed E-state index contributed by atoms with van der Waals surface area (Å²) in [6.07, 6.45) is 4.50. The maximum absolute atomic E-state index is 11.7. The van der Waals surface area contributed by atoms with E-state index in [0.29, 0.717) is 5.69 Å². The van der Waals surface area contributed by atoms with E-state index in [4.69, 9.17) is 0 Å². The molecule has 0 fully saturated rings. The minimum atomic E-state index is -0.357. The highest BCUT2D eigenvalue weighted by Gasteiger charge is 2.13. The molecule has 6 nitrogen and oxygen atoms in total. The first-order valence-corrected chi connectivity index (χ1v) is 7.32. The number of fused-ring (bicyclic) bond motifs is 1. The van der Waals surface area contributed by atoms with E-state index in [2.05, 4.69) is 20.6 Å². The fourth-order valence-corrected chi connectivity index (χ4v) is 1.90. The summed E-state index contributed by atoms with van der Waals surface area (Å²) in [6, 6.07) is 7.50. The number of benzene rings is 1. The number of aromatic nitrogens is 2. The molecule has 0 radical (unpaired) electrons. The summed E-state index contributed by atoms with van der Waals surface area (Å²) in [7, 11) is 0. The second-order valence-electron chi connectivity index (χ2n) is 6.13. The van der Waals surface area contributed by atoms with Crippen LogP contribution in [0.1, 0.15) is 26.5 Å². The zero-order chi connectivity index (χ0) is 16.9. The van der Waals surface area contributed by atoms with Crippen molar-refractivity contribution in [2.45, 2.75) is 26.3 Å². The molecular formula is C17H20N4O2. The highest BCUT2D eigenvalue weighted by Crippen LogP contribution is 2.09. The third kappa shape index (κ3) is 5.50. The van der Waals surface area contributed by atoms with Crippen LogP contribution in [0.4, 0.5) is 0 Å². The average molecular weight is 312 g/mol. The highest BCUT2D eigenvalue weighted by atomic mass is 16.2. The van der Waals surface area contributed by atoms with E-state index < -0.39 is 0 Å². The summed E-state index contributed by atoms with van der Waals surface area (Å²) >= 11 is 0. The van der Waals surface area contributed by atoms with Gasteiger partial charge < -0.3 is 10.6 Å². The number of para-hydroxylation sites is 2. The third-order valence-electron chi connectivity index (χ3n) is 2.81. The van der Waals surface area contributed by atoms with Gasteiger partial charge in [0, 0.05) is 11.6 Å². The second-order valence-corrected chi connectivity index (χ2v) is 6.13. The molecule has 0 saturated heterocycles. The van der Waals surface area contributed by atoms with Gasteiger partial charge in [0.1, 0.15) is 0 Å². The van der Waals surface area contributed by atoms with Gasteiger partial charge in [0.25, 0.3) is 0 Å². The van der Waals surface area contributed by atoms with Crippen LogP contribution in [-0.4, -0.2) is 33.9 Å². The van der Waals surface area contributed by atoms with Gasteiger partial charge in [0.15, 0.2) is 0 Å². The Kier molecular flexibility index (Phi) is 5.05. The van der Waals surface area contributed by atoms with Crippen molar-refractivity contribution < 1.29 is 9.59 Å². The SMILES string of the molecule is CC(C)(C)NC(=O)CNC(=O)/C=C/c1cnc2ccccc2n1. The van der Waals surface area contributed by atoms with Crippen LogP contribution >= 0.6 is 0 Å². The average Bonchev–Trinajstić information content (AvgIpc) is 2.49. The monoisotopic (exact) mass is 312 g/mol. The molecule has 0 atom stereocenters. The molecule has 0 aliphatic rings. The highest BCUT2D eigenvalue weighted by molar-refractivity contribution is 5.94. The fourth-order valence-electron chi connectivity index (χ4n) is 1.90. The summed E-state index contributed by atoms with van der Waals surface area (Å²) in [5.74, 6) is -0.589. The van der Waals surface area contributed by atoms with Crippen LogP contribution in [0.15, 0.2) is 36.5 Å². The van der Waals surface area contributed by atoms with Crippen LogP contribution in [0, 0.1) is 0 Å². The van der Waals surface area contributed by atoms with Gasteiger partial charge in [-0.25, -0.2) is 4.98 Å². The number of carbonyl (C=O) groups excluding carboxylic acids is 2. The molecule has 0 spiro atoms. The first-order valence-electron chi connectivity index (χ1n) is 7.32. The van der Waals surface area contributed by atoms with Crippen LogP contribution < -0.4 is 10.6 Å². The van der Waals surface area contributed by atoms with Crippen molar-refractivity contribution in [3.05, 3.63) is 42.2 Å². The lowest BCUT2D eigenvalue weighted by Gasteiger charge is -2.20. The van der Waals surface area contributed by atoms with Crippen LogP contribution in [0.3, 0.4) is 0 Å². The molecule has 0 unspecified atom stereocenters. The maximum atomic E-state index is 11.7. The quantitative estimate of drug-likeness (QED) is 0.841. The van der Waals surface area contributed by atoms with Crippen molar-refractivity contribution in [2.75, 3.05) is 6.54 Å². The largest absolute Gasteiger partial charge is 0.350 e. The number of nitrogens with one attached hydrogen (secondary N) is 2. The van der Waals surface area contributed by atoms with Gasteiger partial charge >= 0.3 is 0 Å². The molecule has 0 aliphatic heterocycles. The molecule has 120 valence electrons. The molecule has 0 aliphatic carbocycles. The third-order valence-corrected chi connectivity index (χ3v) is 2.81. The maximum Gasteiger partial charge on any atom is 0.244 e. The number of hydrogen-bond acceptors (Lipinski definition) is 4. The van der Waals surface area contributed by atoms with Crippen molar-refractivity contribution in [3.8, 4) is 0 Å². The first-order chi connectivity index (χ1) is 10.8. The predicted octanol–water partition coefficient (Wildman–Crippen LogP) is 1.67. The Morgan fingerprint density at radius 2 is 1.87 bits per heavy atom. The summed E-state index contributed by atoms with van der Waals surface area (Å²) < 4.78 is 0. The molecule has 0 bridgehead atoms. The van der Waals surface area contributed by atoms with Gasteiger partial charge in [0.05, 0.1) is 29.5 Å². The molecule has 2 aromatic rings. The molecule has 0 saturated carbocycles. The van der Waals surface area contributed by atoms with Gasteiger partial charge in [-0.1, -0.05) is 12.1 Å². The van der Waals surface area contributed by atoms with E-state index in [0.717, 1.165) is 11.0 Å². The molecule has 2 rings (SSSR count). The fraction of sp³-hybridized carbons (Fsp3) is 0.294. The number of rotatable bonds is 4. The summed E-state index contributed by atoms with van der Waals surface area (Å²) in [4.78, 5) is 32.0. The summed E-state index contributed by atoms with van der Waals surface area (Å²) in [5, 5.41) is 5.29. The smallest absolute Gasteiger partial charge is 0.244 e. The summed E-state index contributed by atoms with van der Waals surface area (Å²) in [5.41, 5.74) is 1.82. The van der Waals surface area contributed by atoms with Gasteiger partial charge in [0.2, 0.25) is 11.8 Å². The Hall–Kier alpha value is -2.76. The Balaban J connectivity index is 1.91. The topological polar surface area (TPSA) is 84.0 Å². The van der Waals surface area contributed by atoms with Gasteiger partial charge in [-0.05, 0) is 39.0 Å². The van der Waals surface area contributed by atoms with E-state index in [-0.39, 0.29) is 23.9 Å². The molecule has 2 amide bonds. The van der Waals surface area contributed by atoms with Crippen molar-refractivity contribution >= 4 is 28.9 Å². The van der Waals surface area contributed by atoms with Gasteiger partial charge in [-0.3, -0.25) is 14.6 Å². The Bertz CT molecular complexity index is 748. The minimum Gasteiger partial charge on any atom is -0.350 e. The van der Waals surface area contributed by atoms with Crippen LogP contribution in [0.25, 0.3) is 17.1 Å². The zero-order valence-electron chi connectivity index (χ0n) is 13.5. The Morgan fingerprint density at radius 1 is 1.17 bits per heavy atom. The van der Waals surface area contributed by atoms with E-state index in [9.17, 15) is 9.59 Å². The van der Waals surface area contributed by atoms with E-state index in [1.165, 1.54) is 6.08 Å². The second kappa shape index (κ2) is 7.00. The molecule has 2 N–H and O–H groups in total. The van der Waals surface area contributed by atoms with E-state index >= 15 is 0 Å². The number of amides is 2. The molecule has 1 aromatic heterocycles. The van der Waals surface area contributed by atoms with E-state index in [1.54, 1.807) is 12.3 Å². The molecule has 1 heterocycles. The van der Waals surface area contributed by atoms with Crippen LogP contribution in [0.2, 0.25) is 0 Å². The van der Waals surface area contributed by atoms with Crippen molar-refractivity contribution in [1.82, 2.24) is 20.6 Å². The predicted molar refractivity (Wildman–Crippen MR) is 89.5 cm³/mol. The number of hydrogen-bond donors (Lipinski definition) is 2. The molecular weight excluding hydrogens is 292 g/mol. The molecule has 1 aromatic carbocycles. The lowest BCUT2D eigenvalue weighted by Crippen LogP contribution is -2.45. The molecule has 6 heteroatoms. The Labute approximate surface area is 135 Å². The minimum absolute atomic E-state index is 0.0656. The van der Waals surface area contributed by atoms with Crippen molar-refractivity contribution in [1.29, 1.82) is 0 Å². The zero-order valence-corrected chi connectivity index (χ0v) is 13.5. The number of carbonyl (C=O) groups is 2. The van der Waals surface area contributed by atoms with Crippen LogP contribution in [-0.2, 0) is 9.59 Å². The summed E-state index contributed by atoms with van der Waals surface area (Å²) in [6.45, 7) is 5.57. The van der Waals surface area contributed by atoms with Crippen molar-refractivity contribution in [2.24, 2.45) is 0 Å².